The number of carbonyl (C=O) groups is 2. The molecule has 0 aliphatic heterocycles. The van der Waals surface area contributed by atoms with Crippen LogP contribution in [0.2, 0.25) is 0 Å². The van der Waals surface area contributed by atoms with Crippen molar-refractivity contribution >= 4 is 57.3 Å². The van der Waals surface area contributed by atoms with Gasteiger partial charge in [-0.15, -0.1) is 11.3 Å². The van der Waals surface area contributed by atoms with Crippen LogP contribution in [0.4, 0.5) is 0 Å². The number of thiophene rings is 1. The molecule has 5 nitrogen and oxygen atoms in total. The van der Waals surface area contributed by atoms with Crippen LogP contribution in [-0.2, 0) is 4.79 Å². The number of hydrogen-bond donors (Lipinski definition) is 3. The van der Waals surface area contributed by atoms with E-state index in [1.54, 1.807) is 23.6 Å². The zero-order valence-corrected chi connectivity index (χ0v) is 15.2. The highest BCUT2D eigenvalue weighted by atomic mass is 32.1. The second-order valence-corrected chi connectivity index (χ2v) is 6.63. The number of hydrogen-bond acceptors (Lipinski definition) is 4. The minimum absolute atomic E-state index is 0.0162. The normalized spacial score (nSPS) is 10.6. The van der Waals surface area contributed by atoms with Gasteiger partial charge in [0.25, 0.3) is 5.91 Å². The molecule has 130 valence electrons. The standard InChI is InChI=1S/C19H15N3O2S2/c23-17(20-19(25)22-21-18(24)16-9-4-12-26-16)11-10-14-7-3-6-13-5-1-2-8-15(13)14/h1-12H,(H,21,24)(H2,20,22,23,25)/b11-10+. The molecule has 1 heterocycles. The third kappa shape index (κ3) is 4.53. The van der Waals surface area contributed by atoms with Crippen molar-refractivity contribution in [2.75, 3.05) is 0 Å². The van der Waals surface area contributed by atoms with Gasteiger partial charge in [0.05, 0.1) is 4.88 Å². The van der Waals surface area contributed by atoms with Crippen LogP contribution >= 0.6 is 23.6 Å². The Morgan fingerprint density at radius 1 is 0.962 bits per heavy atom. The van der Waals surface area contributed by atoms with Gasteiger partial charge in [0.1, 0.15) is 0 Å². The van der Waals surface area contributed by atoms with Gasteiger partial charge in [0.2, 0.25) is 5.91 Å². The highest BCUT2D eigenvalue weighted by Gasteiger charge is 2.07. The topological polar surface area (TPSA) is 70.2 Å². The third-order valence-electron chi connectivity index (χ3n) is 3.51. The predicted octanol–water partition coefficient (Wildman–Crippen LogP) is 3.25. The van der Waals surface area contributed by atoms with Crippen molar-refractivity contribution in [2.24, 2.45) is 0 Å². The number of amides is 2. The Morgan fingerprint density at radius 3 is 2.58 bits per heavy atom. The molecule has 3 rings (SSSR count). The van der Waals surface area contributed by atoms with Crippen molar-refractivity contribution in [1.29, 1.82) is 0 Å². The molecule has 0 radical (unpaired) electrons. The Bertz CT molecular complexity index is 976. The number of rotatable bonds is 3. The molecule has 2 aromatic carbocycles. The van der Waals surface area contributed by atoms with E-state index in [0.717, 1.165) is 16.3 Å². The van der Waals surface area contributed by atoms with Crippen LogP contribution in [-0.4, -0.2) is 16.9 Å². The molecule has 0 bridgehead atoms. The summed E-state index contributed by atoms with van der Waals surface area (Å²) in [5.41, 5.74) is 5.87. The predicted molar refractivity (Wildman–Crippen MR) is 109 cm³/mol. The SMILES string of the molecule is O=C(/C=C/c1cccc2ccccc12)NC(=S)NNC(=O)c1cccs1. The molecule has 2 amide bonds. The molecule has 0 aliphatic rings. The highest BCUT2D eigenvalue weighted by molar-refractivity contribution is 7.80. The van der Waals surface area contributed by atoms with Crippen LogP contribution in [0.3, 0.4) is 0 Å². The van der Waals surface area contributed by atoms with Gasteiger partial charge in [-0.05, 0) is 46.1 Å². The van der Waals surface area contributed by atoms with Crippen LogP contribution in [0, 0.1) is 0 Å². The van der Waals surface area contributed by atoms with Crippen LogP contribution in [0.1, 0.15) is 15.2 Å². The maximum Gasteiger partial charge on any atom is 0.279 e. The lowest BCUT2D eigenvalue weighted by Crippen LogP contribution is -2.48. The van der Waals surface area contributed by atoms with Gasteiger partial charge >= 0.3 is 0 Å². The first kappa shape index (κ1) is 17.8. The molecule has 0 saturated heterocycles. The molecule has 3 N–H and O–H groups in total. The number of carbonyl (C=O) groups excluding carboxylic acids is 2. The maximum absolute atomic E-state index is 12.0. The molecule has 0 spiro atoms. The first-order valence-electron chi connectivity index (χ1n) is 7.74. The second-order valence-electron chi connectivity index (χ2n) is 5.28. The molecule has 0 unspecified atom stereocenters. The Kier molecular flexibility index (Phi) is 5.73. The maximum atomic E-state index is 12.0. The molecule has 0 atom stereocenters. The number of fused-ring (bicyclic) bond motifs is 1. The van der Waals surface area contributed by atoms with E-state index in [2.05, 4.69) is 16.2 Å². The molecular formula is C19H15N3O2S2. The van der Waals surface area contributed by atoms with E-state index in [9.17, 15) is 9.59 Å². The minimum atomic E-state index is -0.388. The molecule has 7 heteroatoms. The number of hydrazine groups is 1. The van der Waals surface area contributed by atoms with E-state index in [1.807, 2.05) is 42.5 Å². The van der Waals surface area contributed by atoms with Crippen LogP contribution in [0.15, 0.2) is 66.1 Å². The number of benzene rings is 2. The van der Waals surface area contributed by atoms with Crippen LogP contribution in [0.25, 0.3) is 16.8 Å². The summed E-state index contributed by atoms with van der Waals surface area (Å²) in [7, 11) is 0. The van der Waals surface area contributed by atoms with Gasteiger partial charge in [0, 0.05) is 6.08 Å². The fourth-order valence-corrected chi connectivity index (χ4v) is 3.10. The zero-order valence-electron chi connectivity index (χ0n) is 13.6. The van der Waals surface area contributed by atoms with Crippen molar-refractivity contribution in [2.45, 2.75) is 0 Å². The highest BCUT2D eigenvalue weighted by Crippen LogP contribution is 2.19. The van der Waals surface area contributed by atoms with Gasteiger partial charge in [0.15, 0.2) is 5.11 Å². The van der Waals surface area contributed by atoms with Gasteiger partial charge in [-0.3, -0.25) is 25.8 Å². The fourth-order valence-electron chi connectivity index (χ4n) is 2.33. The van der Waals surface area contributed by atoms with Crippen LogP contribution in [0.5, 0.6) is 0 Å². The number of thiocarbonyl (C=S) groups is 1. The van der Waals surface area contributed by atoms with E-state index < -0.39 is 0 Å². The molecular weight excluding hydrogens is 366 g/mol. The Hall–Kier alpha value is -3.03. The summed E-state index contributed by atoms with van der Waals surface area (Å²) in [5, 5.41) is 6.46. The van der Waals surface area contributed by atoms with E-state index in [1.165, 1.54) is 17.4 Å². The first-order chi connectivity index (χ1) is 12.6. The third-order valence-corrected chi connectivity index (χ3v) is 4.58. The summed E-state index contributed by atoms with van der Waals surface area (Å²) in [6.45, 7) is 0. The van der Waals surface area contributed by atoms with Crippen molar-refractivity contribution in [3.05, 3.63) is 76.5 Å². The zero-order chi connectivity index (χ0) is 18.4. The quantitative estimate of drug-likeness (QED) is 0.370. The summed E-state index contributed by atoms with van der Waals surface area (Å²) in [4.78, 5) is 24.3. The van der Waals surface area contributed by atoms with Gasteiger partial charge in [-0.25, -0.2) is 0 Å². The average molecular weight is 381 g/mol. The largest absolute Gasteiger partial charge is 0.298 e. The van der Waals surface area contributed by atoms with Crippen LogP contribution < -0.4 is 16.2 Å². The Balaban J connectivity index is 1.55. The molecule has 26 heavy (non-hydrogen) atoms. The summed E-state index contributed by atoms with van der Waals surface area (Å²) in [6.07, 6.45) is 3.13. The van der Waals surface area contributed by atoms with E-state index >= 15 is 0 Å². The summed E-state index contributed by atoms with van der Waals surface area (Å²) in [5.74, 6) is -0.705. The molecule has 1 aromatic heterocycles. The Morgan fingerprint density at radius 2 is 1.77 bits per heavy atom. The lowest BCUT2D eigenvalue weighted by molar-refractivity contribution is -0.115. The van der Waals surface area contributed by atoms with Crippen molar-refractivity contribution < 1.29 is 9.59 Å². The summed E-state index contributed by atoms with van der Waals surface area (Å²) in [6, 6.07) is 17.3. The van der Waals surface area contributed by atoms with Gasteiger partial charge in [-0.2, -0.15) is 0 Å². The molecule has 3 aromatic rings. The number of nitrogens with one attached hydrogen (secondary N) is 3. The first-order valence-corrected chi connectivity index (χ1v) is 9.03. The van der Waals surface area contributed by atoms with E-state index in [0.29, 0.717) is 4.88 Å². The molecule has 0 aliphatic carbocycles. The monoisotopic (exact) mass is 381 g/mol. The lowest BCUT2D eigenvalue weighted by atomic mass is 10.0. The van der Waals surface area contributed by atoms with Crippen molar-refractivity contribution in [1.82, 2.24) is 16.2 Å². The van der Waals surface area contributed by atoms with E-state index in [-0.39, 0.29) is 16.9 Å². The Labute approximate surface area is 159 Å². The molecule has 0 saturated carbocycles. The summed E-state index contributed by atoms with van der Waals surface area (Å²) < 4.78 is 0. The van der Waals surface area contributed by atoms with Gasteiger partial charge in [-0.1, -0.05) is 48.5 Å². The minimum Gasteiger partial charge on any atom is -0.298 e. The summed E-state index contributed by atoms with van der Waals surface area (Å²) >= 11 is 6.31. The fraction of sp³-hybridized carbons (Fsp3) is 0. The lowest BCUT2D eigenvalue weighted by Gasteiger charge is -2.08. The van der Waals surface area contributed by atoms with Crippen molar-refractivity contribution in [3.8, 4) is 0 Å². The van der Waals surface area contributed by atoms with E-state index in [4.69, 9.17) is 12.2 Å². The van der Waals surface area contributed by atoms with Gasteiger partial charge < -0.3 is 0 Å². The average Bonchev–Trinajstić information content (AvgIpc) is 3.19. The smallest absolute Gasteiger partial charge is 0.279 e. The second kappa shape index (κ2) is 8.37. The molecule has 0 fully saturated rings. The van der Waals surface area contributed by atoms with Crippen molar-refractivity contribution in [3.63, 3.8) is 0 Å².